The molecule has 0 unspecified atom stereocenters. The summed E-state index contributed by atoms with van der Waals surface area (Å²) in [4.78, 5) is 11.1. The number of carboxylic acid groups (broad SMARTS) is 1. The van der Waals surface area contributed by atoms with Crippen molar-refractivity contribution in [1.29, 1.82) is 0 Å². The number of hydrogen-bond acceptors (Lipinski definition) is 3. The van der Waals surface area contributed by atoms with Crippen LogP contribution in [-0.2, 0) is 4.79 Å². The highest BCUT2D eigenvalue weighted by atomic mass is 32.1. The summed E-state index contributed by atoms with van der Waals surface area (Å²) in [7, 11) is 0. The molecule has 0 atom stereocenters. The predicted molar refractivity (Wildman–Crippen MR) is 61.7 cm³/mol. The Hall–Kier alpha value is -1.18. The van der Waals surface area contributed by atoms with Gasteiger partial charge in [0.05, 0.1) is 5.75 Å². The fourth-order valence-electron chi connectivity index (χ4n) is 0.801. The molecule has 0 aliphatic carbocycles. The molecule has 0 fully saturated rings. The molecule has 14 heavy (non-hydrogen) atoms. The van der Waals surface area contributed by atoms with Crippen molar-refractivity contribution >= 4 is 36.0 Å². The smallest absolute Gasteiger partial charge is 0.328 e. The van der Waals surface area contributed by atoms with Crippen molar-refractivity contribution in [2.24, 2.45) is 0 Å². The van der Waals surface area contributed by atoms with Gasteiger partial charge in [0, 0.05) is 21.9 Å². The van der Waals surface area contributed by atoms with Gasteiger partial charge < -0.3 is 5.11 Å². The maximum Gasteiger partial charge on any atom is 0.328 e. The first kappa shape index (κ1) is 10.9. The summed E-state index contributed by atoms with van der Waals surface area (Å²) in [6.07, 6.45) is 2.67. The van der Waals surface area contributed by atoms with Crippen molar-refractivity contribution in [2.75, 3.05) is 5.75 Å². The number of hydrogen-bond donors (Lipinski definition) is 2. The Labute approximate surface area is 91.7 Å². The molecule has 0 aliphatic heterocycles. The van der Waals surface area contributed by atoms with Crippen molar-refractivity contribution in [1.82, 2.24) is 0 Å². The van der Waals surface area contributed by atoms with Gasteiger partial charge in [0.1, 0.15) is 0 Å². The number of carbonyl (C=O) groups is 1. The van der Waals surface area contributed by atoms with E-state index in [1.807, 2.05) is 11.4 Å². The van der Waals surface area contributed by atoms with Gasteiger partial charge in [-0.2, -0.15) is 12.6 Å². The van der Waals surface area contributed by atoms with Gasteiger partial charge in [0.15, 0.2) is 0 Å². The number of carboxylic acids is 1. The Kier molecular flexibility index (Phi) is 4.30. The lowest BCUT2D eigenvalue weighted by Gasteiger charge is -1.80. The summed E-state index contributed by atoms with van der Waals surface area (Å²) in [6, 6.07) is 1.85. The summed E-state index contributed by atoms with van der Waals surface area (Å²) in [5.41, 5.74) is 0.897. The van der Waals surface area contributed by atoms with Crippen molar-refractivity contribution in [2.45, 2.75) is 0 Å². The van der Waals surface area contributed by atoms with Gasteiger partial charge in [0.2, 0.25) is 0 Å². The van der Waals surface area contributed by atoms with Crippen molar-refractivity contribution in [3.63, 3.8) is 0 Å². The SMILES string of the molecule is O=C(O)/C=C/c1cc(C#CCS)cs1. The number of rotatable bonds is 2. The monoisotopic (exact) mass is 224 g/mol. The van der Waals surface area contributed by atoms with Crippen LogP contribution in [0.1, 0.15) is 10.4 Å². The van der Waals surface area contributed by atoms with Crippen LogP contribution in [0.5, 0.6) is 0 Å². The van der Waals surface area contributed by atoms with E-state index < -0.39 is 5.97 Å². The second kappa shape index (κ2) is 5.53. The van der Waals surface area contributed by atoms with E-state index >= 15 is 0 Å². The molecule has 0 radical (unpaired) electrons. The van der Waals surface area contributed by atoms with E-state index in [1.54, 1.807) is 6.08 Å². The zero-order valence-corrected chi connectivity index (χ0v) is 8.94. The molecule has 0 spiro atoms. The van der Waals surface area contributed by atoms with E-state index in [0.717, 1.165) is 16.5 Å². The second-order valence-electron chi connectivity index (χ2n) is 2.37. The van der Waals surface area contributed by atoms with E-state index in [-0.39, 0.29) is 0 Å². The van der Waals surface area contributed by atoms with E-state index in [4.69, 9.17) is 5.11 Å². The second-order valence-corrected chi connectivity index (χ2v) is 3.63. The highest BCUT2D eigenvalue weighted by Crippen LogP contribution is 2.15. The minimum atomic E-state index is -0.943. The third kappa shape index (κ3) is 3.69. The van der Waals surface area contributed by atoms with Crippen LogP contribution in [0.3, 0.4) is 0 Å². The first-order valence-electron chi connectivity index (χ1n) is 3.81. The van der Waals surface area contributed by atoms with Crippen LogP contribution in [-0.4, -0.2) is 16.8 Å². The van der Waals surface area contributed by atoms with Crippen molar-refractivity contribution < 1.29 is 9.90 Å². The minimum Gasteiger partial charge on any atom is -0.478 e. The molecule has 1 heterocycles. The molecular weight excluding hydrogens is 216 g/mol. The quantitative estimate of drug-likeness (QED) is 0.459. The molecule has 0 aliphatic rings. The van der Waals surface area contributed by atoms with Gasteiger partial charge >= 0.3 is 5.97 Å². The molecular formula is C10H8O2S2. The third-order valence-corrected chi connectivity index (χ3v) is 2.38. The van der Waals surface area contributed by atoms with Gasteiger partial charge in [-0.3, -0.25) is 0 Å². The van der Waals surface area contributed by atoms with Crippen LogP contribution in [0, 0.1) is 11.8 Å². The minimum absolute atomic E-state index is 0.524. The van der Waals surface area contributed by atoms with E-state index in [1.165, 1.54) is 11.3 Å². The molecule has 4 heteroatoms. The standard InChI is InChI=1S/C10H8O2S2/c11-10(12)4-3-9-6-8(7-14-9)2-1-5-13/h3-4,6-7,13H,5H2,(H,11,12)/b4-3+. The Morgan fingerprint density at radius 1 is 1.71 bits per heavy atom. The van der Waals surface area contributed by atoms with Crippen molar-refractivity contribution in [3.05, 3.63) is 28.0 Å². The Morgan fingerprint density at radius 2 is 2.50 bits per heavy atom. The summed E-state index contributed by atoms with van der Waals surface area (Å²) >= 11 is 5.43. The molecule has 0 amide bonds. The first-order valence-corrected chi connectivity index (χ1v) is 5.33. The fourth-order valence-corrected chi connectivity index (χ4v) is 1.61. The summed E-state index contributed by atoms with van der Waals surface area (Å²) < 4.78 is 0. The van der Waals surface area contributed by atoms with E-state index in [2.05, 4.69) is 24.5 Å². The number of aliphatic carboxylic acids is 1. The zero-order valence-electron chi connectivity index (χ0n) is 7.23. The highest BCUT2D eigenvalue weighted by Gasteiger charge is 1.94. The van der Waals surface area contributed by atoms with Crippen LogP contribution in [0.25, 0.3) is 6.08 Å². The largest absolute Gasteiger partial charge is 0.478 e. The van der Waals surface area contributed by atoms with Gasteiger partial charge in [-0.1, -0.05) is 11.8 Å². The molecule has 1 rings (SSSR count). The van der Waals surface area contributed by atoms with Crippen LogP contribution in [0.4, 0.5) is 0 Å². The molecule has 72 valence electrons. The van der Waals surface area contributed by atoms with Crippen LogP contribution >= 0.6 is 24.0 Å². The normalized spacial score (nSPS) is 9.79. The average molecular weight is 224 g/mol. The van der Waals surface area contributed by atoms with Gasteiger partial charge in [-0.05, 0) is 12.1 Å². The number of thiol groups is 1. The Balaban J connectivity index is 2.73. The van der Waals surface area contributed by atoms with E-state index in [9.17, 15) is 4.79 Å². The Bertz CT molecular complexity index is 407. The lowest BCUT2D eigenvalue weighted by atomic mass is 10.3. The maximum atomic E-state index is 10.2. The average Bonchev–Trinajstić information content (AvgIpc) is 2.59. The molecule has 1 aromatic rings. The van der Waals surface area contributed by atoms with Crippen LogP contribution in [0.15, 0.2) is 17.5 Å². The lowest BCUT2D eigenvalue weighted by Crippen LogP contribution is -1.84. The fraction of sp³-hybridized carbons (Fsp3) is 0.100. The molecule has 2 nitrogen and oxygen atoms in total. The Morgan fingerprint density at radius 3 is 3.14 bits per heavy atom. The van der Waals surface area contributed by atoms with Gasteiger partial charge in [-0.25, -0.2) is 4.79 Å². The zero-order chi connectivity index (χ0) is 10.4. The van der Waals surface area contributed by atoms with Gasteiger partial charge in [0.25, 0.3) is 0 Å². The summed E-state index contributed by atoms with van der Waals surface area (Å²) in [6.45, 7) is 0. The van der Waals surface area contributed by atoms with Gasteiger partial charge in [-0.15, -0.1) is 11.3 Å². The molecule has 0 bridgehead atoms. The lowest BCUT2D eigenvalue weighted by molar-refractivity contribution is -0.131. The predicted octanol–water partition coefficient (Wildman–Crippen LogP) is 2.13. The summed E-state index contributed by atoms with van der Waals surface area (Å²) in [5.74, 6) is 5.31. The topological polar surface area (TPSA) is 37.3 Å². The molecule has 1 N–H and O–H groups in total. The third-order valence-electron chi connectivity index (χ3n) is 1.32. The first-order chi connectivity index (χ1) is 6.72. The van der Waals surface area contributed by atoms with Crippen LogP contribution < -0.4 is 0 Å². The summed E-state index contributed by atoms with van der Waals surface area (Å²) in [5, 5.41) is 10.3. The van der Waals surface area contributed by atoms with E-state index in [0.29, 0.717) is 5.75 Å². The van der Waals surface area contributed by atoms with Crippen LogP contribution in [0.2, 0.25) is 0 Å². The molecule has 0 saturated heterocycles. The maximum absolute atomic E-state index is 10.2. The molecule has 0 aromatic carbocycles. The van der Waals surface area contributed by atoms with Crippen molar-refractivity contribution in [3.8, 4) is 11.8 Å². The molecule has 0 saturated carbocycles. The number of thiophene rings is 1. The molecule has 1 aromatic heterocycles. The highest BCUT2D eigenvalue weighted by molar-refractivity contribution is 7.80.